The first kappa shape index (κ1) is 19.9. The van der Waals surface area contributed by atoms with Crippen molar-refractivity contribution in [2.24, 2.45) is 5.10 Å². The first-order valence-electron chi connectivity index (χ1n) is 11.4. The van der Waals surface area contributed by atoms with Gasteiger partial charge in [-0.2, -0.15) is 5.10 Å². The van der Waals surface area contributed by atoms with Gasteiger partial charge in [0, 0.05) is 32.4 Å². The number of hydrogen-bond acceptors (Lipinski definition) is 5. The molecule has 0 spiro atoms. The van der Waals surface area contributed by atoms with E-state index in [4.69, 9.17) is 0 Å². The molecule has 1 unspecified atom stereocenters. The lowest BCUT2D eigenvalue weighted by Gasteiger charge is -2.28. The highest BCUT2D eigenvalue weighted by Crippen LogP contribution is 2.33. The maximum Gasteiger partial charge on any atom is 0.270 e. The Hall–Kier alpha value is -3.03. The standard InChI is InChI=1S/C23H28N6O2/c30-21-13-12-18(26-29(21)16-17-8-3-1-4-9-17)23(31)27-15-7-10-19(27)22-25-24-20-11-5-2-6-14-28(20)22/h1,3-4,8-9,19H,2,5-7,10-16H2. The van der Waals surface area contributed by atoms with E-state index in [1.165, 1.54) is 11.4 Å². The van der Waals surface area contributed by atoms with E-state index in [0.29, 0.717) is 31.6 Å². The Balaban J connectivity index is 1.37. The highest BCUT2D eigenvalue weighted by atomic mass is 16.2. The third-order valence-corrected chi connectivity index (χ3v) is 6.48. The van der Waals surface area contributed by atoms with Crippen LogP contribution in [0, 0.1) is 0 Å². The fourth-order valence-electron chi connectivity index (χ4n) is 4.83. The molecule has 0 aliphatic carbocycles. The zero-order chi connectivity index (χ0) is 21.2. The summed E-state index contributed by atoms with van der Waals surface area (Å²) >= 11 is 0. The Morgan fingerprint density at radius 1 is 0.968 bits per heavy atom. The maximum atomic E-state index is 13.4. The fourth-order valence-corrected chi connectivity index (χ4v) is 4.83. The molecule has 1 atom stereocenters. The molecule has 8 nitrogen and oxygen atoms in total. The largest absolute Gasteiger partial charge is 0.327 e. The zero-order valence-corrected chi connectivity index (χ0v) is 17.7. The number of aromatic nitrogens is 3. The Bertz CT molecular complexity index is 999. The Morgan fingerprint density at radius 3 is 2.71 bits per heavy atom. The van der Waals surface area contributed by atoms with Crippen LogP contribution < -0.4 is 0 Å². The number of rotatable bonds is 4. The van der Waals surface area contributed by atoms with Crippen molar-refractivity contribution >= 4 is 17.5 Å². The van der Waals surface area contributed by atoms with Crippen molar-refractivity contribution in [3.05, 3.63) is 47.5 Å². The summed E-state index contributed by atoms with van der Waals surface area (Å²) in [6.45, 7) is 2.01. The predicted octanol–water partition coefficient (Wildman–Crippen LogP) is 2.85. The summed E-state index contributed by atoms with van der Waals surface area (Å²) in [5, 5.41) is 14.9. The minimum atomic E-state index is -0.0703. The summed E-state index contributed by atoms with van der Waals surface area (Å²) in [6, 6.07) is 9.69. The van der Waals surface area contributed by atoms with Crippen LogP contribution in [-0.2, 0) is 29.1 Å². The molecule has 3 aliphatic heterocycles. The summed E-state index contributed by atoms with van der Waals surface area (Å²) in [6.07, 6.45) is 6.98. The molecule has 1 fully saturated rings. The van der Waals surface area contributed by atoms with Crippen molar-refractivity contribution < 1.29 is 9.59 Å². The highest BCUT2D eigenvalue weighted by molar-refractivity contribution is 6.39. The lowest BCUT2D eigenvalue weighted by Crippen LogP contribution is -2.41. The lowest BCUT2D eigenvalue weighted by molar-refractivity contribution is -0.132. The van der Waals surface area contributed by atoms with Crippen LogP contribution in [0.5, 0.6) is 0 Å². The Morgan fingerprint density at radius 2 is 1.84 bits per heavy atom. The molecule has 0 bridgehead atoms. The number of hydrogen-bond donors (Lipinski definition) is 0. The summed E-state index contributed by atoms with van der Waals surface area (Å²) in [7, 11) is 0. The van der Waals surface area contributed by atoms with Crippen LogP contribution >= 0.6 is 0 Å². The first-order valence-corrected chi connectivity index (χ1v) is 11.4. The van der Waals surface area contributed by atoms with E-state index in [1.54, 1.807) is 0 Å². The zero-order valence-electron chi connectivity index (χ0n) is 17.7. The van der Waals surface area contributed by atoms with Gasteiger partial charge in [-0.25, -0.2) is 5.01 Å². The van der Waals surface area contributed by atoms with Crippen molar-refractivity contribution in [3.63, 3.8) is 0 Å². The lowest BCUT2D eigenvalue weighted by atomic mass is 10.1. The second-order valence-electron chi connectivity index (χ2n) is 8.58. The van der Waals surface area contributed by atoms with Gasteiger partial charge in [-0.1, -0.05) is 36.8 Å². The van der Waals surface area contributed by atoms with Gasteiger partial charge in [0.15, 0.2) is 5.82 Å². The number of carbonyl (C=O) groups excluding carboxylic acids is 2. The average Bonchev–Trinajstić information content (AvgIpc) is 3.36. The second kappa shape index (κ2) is 8.61. The van der Waals surface area contributed by atoms with E-state index in [-0.39, 0.29) is 17.9 Å². The number of nitrogens with zero attached hydrogens (tertiary/aromatic N) is 6. The first-order chi connectivity index (χ1) is 15.2. The van der Waals surface area contributed by atoms with Crippen LogP contribution in [0.3, 0.4) is 0 Å². The summed E-state index contributed by atoms with van der Waals surface area (Å²) in [5.74, 6) is 1.85. The van der Waals surface area contributed by atoms with Crippen LogP contribution in [-0.4, -0.2) is 48.7 Å². The summed E-state index contributed by atoms with van der Waals surface area (Å²) in [5.41, 5.74) is 1.47. The molecule has 0 N–H and O–H groups in total. The Labute approximate surface area is 181 Å². The minimum Gasteiger partial charge on any atom is -0.327 e. The molecular formula is C23H28N6O2. The number of fused-ring (bicyclic) bond motifs is 1. The summed E-state index contributed by atoms with van der Waals surface area (Å²) in [4.78, 5) is 27.8. The number of carbonyl (C=O) groups is 2. The number of amides is 2. The van der Waals surface area contributed by atoms with Crippen LogP contribution in [0.15, 0.2) is 35.4 Å². The van der Waals surface area contributed by atoms with Gasteiger partial charge < -0.3 is 9.47 Å². The Kier molecular flexibility index (Phi) is 5.53. The quantitative estimate of drug-likeness (QED) is 0.761. The molecule has 0 saturated carbocycles. The van der Waals surface area contributed by atoms with Gasteiger partial charge in [-0.05, 0) is 31.2 Å². The maximum absolute atomic E-state index is 13.4. The van der Waals surface area contributed by atoms with E-state index < -0.39 is 0 Å². The van der Waals surface area contributed by atoms with Crippen molar-refractivity contribution in [2.75, 3.05) is 6.54 Å². The van der Waals surface area contributed by atoms with Crippen LogP contribution in [0.2, 0.25) is 0 Å². The molecule has 4 heterocycles. The number of hydrazone groups is 1. The number of likely N-dealkylation sites (tertiary alicyclic amines) is 1. The molecule has 8 heteroatoms. The van der Waals surface area contributed by atoms with Crippen LogP contribution in [0.4, 0.5) is 0 Å². The van der Waals surface area contributed by atoms with Crippen molar-refractivity contribution in [2.45, 2.75) is 70.5 Å². The third kappa shape index (κ3) is 3.98. The van der Waals surface area contributed by atoms with Gasteiger partial charge in [-0.15, -0.1) is 10.2 Å². The van der Waals surface area contributed by atoms with Crippen LogP contribution in [0.1, 0.15) is 68.2 Å². The topological polar surface area (TPSA) is 83.7 Å². The smallest absolute Gasteiger partial charge is 0.270 e. The molecule has 162 valence electrons. The summed E-state index contributed by atoms with van der Waals surface area (Å²) < 4.78 is 2.23. The molecule has 1 aromatic carbocycles. The van der Waals surface area contributed by atoms with Gasteiger partial charge in [0.25, 0.3) is 5.91 Å². The molecule has 1 aromatic heterocycles. The normalized spacial score (nSPS) is 21.6. The van der Waals surface area contributed by atoms with E-state index in [2.05, 4.69) is 19.9 Å². The third-order valence-electron chi connectivity index (χ3n) is 6.48. The molecule has 0 radical (unpaired) electrons. The van der Waals surface area contributed by atoms with Crippen molar-refractivity contribution in [1.29, 1.82) is 0 Å². The van der Waals surface area contributed by atoms with Crippen molar-refractivity contribution in [3.8, 4) is 0 Å². The molecule has 5 rings (SSSR count). The molecule has 1 saturated heterocycles. The molecule has 2 aromatic rings. The number of benzene rings is 1. The van der Waals surface area contributed by atoms with Gasteiger partial charge in [0.2, 0.25) is 5.91 Å². The van der Waals surface area contributed by atoms with E-state index >= 15 is 0 Å². The average molecular weight is 421 g/mol. The molecular weight excluding hydrogens is 392 g/mol. The van der Waals surface area contributed by atoms with Gasteiger partial charge >= 0.3 is 0 Å². The van der Waals surface area contributed by atoms with Gasteiger partial charge in [0.1, 0.15) is 11.5 Å². The molecule has 2 amide bonds. The number of aryl methyl sites for hydroxylation is 1. The van der Waals surface area contributed by atoms with Gasteiger partial charge in [-0.3, -0.25) is 9.59 Å². The van der Waals surface area contributed by atoms with E-state index in [1.807, 2.05) is 35.2 Å². The fraction of sp³-hybridized carbons (Fsp3) is 0.522. The highest BCUT2D eigenvalue weighted by Gasteiger charge is 2.37. The van der Waals surface area contributed by atoms with Crippen LogP contribution in [0.25, 0.3) is 0 Å². The monoisotopic (exact) mass is 420 g/mol. The predicted molar refractivity (Wildman–Crippen MR) is 115 cm³/mol. The minimum absolute atomic E-state index is 0.0406. The van der Waals surface area contributed by atoms with Gasteiger partial charge in [0.05, 0.1) is 12.6 Å². The molecule has 31 heavy (non-hydrogen) atoms. The van der Waals surface area contributed by atoms with E-state index in [9.17, 15) is 9.59 Å². The van der Waals surface area contributed by atoms with E-state index in [0.717, 1.165) is 55.9 Å². The SMILES string of the molecule is O=C1CCC(C(=O)N2CCCC2c2nnc3n2CCCCC3)=NN1Cc1ccccc1. The second-order valence-corrected chi connectivity index (χ2v) is 8.58. The van der Waals surface area contributed by atoms with Crippen molar-refractivity contribution in [1.82, 2.24) is 24.7 Å². The molecule has 3 aliphatic rings.